The van der Waals surface area contributed by atoms with Gasteiger partial charge >= 0.3 is 0 Å². The summed E-state index contributed by atoms with van der Waals surface area (Å²) < 4.78 is 17.9. The molecular weight excluding hydrogens is 398 g/mol. The number of hydrogen-bond acceptors (Lipinski definition) is 4. The van der Waals surface area contributed by atoms with Gasteiger partial charge in [-0.1, -0.05) is 15.9 Å². The minimum absolute atomic E-state index is 0.0429. The van der Waals surface area contributed by atoms with Crippen molar-refractivity contribution >= 4 is 21.8 Å². The zero-order valence-corrected chi connectivity index (χ0v) is 16.6. The first-order valence-corrected chi connectivity index (χ1v) is 9.20. The fraction of sp³-hybridized carbons (Fsp3) is 0.350. The number of hydrogen-bond donors (Lipinski definition) is 1. The summed E-state index contributed by atoms with van der Waals surface area (Å²) in [6, 6.07) is 12.9. The maximum atomic E-state index is 12.4. The van der Waals surface area contributed by atoms with E-state index in [9.17, 15) is 4.79 Å². The van der Waals surface area contributed by atoms with Gasteiger partial charge in [-0.2, -0.15) is 0 Å². The Morgan fingerprint density at radius 1 is 1.23 bits per heavy atom. The van der Waals surface area contributed by atoms with E-state index in [0.717, 1.165) is 21.5 Å². The van der Waals surface area contributed by atoms with Crippen molar-refractivity contribution in [1.82, 2.24) is 5.32 Å². The minimum Gasteiger partial charge on any atom is -0.497 e. The molecule has 1 aliphatic rings. The Morgan fingerprint density at radius 2 is 1.92 bits per heavy atom. The number of carbonyl (C=O) groups is 1. The Bertz CT molecular complexity index is 789. The van der Waals surface area contributed by atoms with E-state index in [1.165, 1.54) is 0 Å². The number of fused-ring (bicyclic) bond motifs is 1. The van der Waals surface area contributed by atoms with Crippen molar-refractivity contribution in [2.75, 3.05) is 13.7 Å². The molecule has 1 N–H and O–H groups in total. The summed E-state index contributed by atoms with van der Waals surface area (Å²) in [6.07, 6.45) is 0.664. The standard InChI is InChI=1S/C20H22BrNO4/c1-20(2)11-17(16-10-15(24-3)8-9-18(16)26-20)22-19(23)12-25-14-6-4-13(21)5-7-14/h4-10,17H,11-12H2,1-3H3,(H,22,23)/t17-/m1/s1. The van der Waals surface area contributed by atoms with Gasteiger partial charge < -0.3 is 19.5 Å². The predicted octanol–water partition coefficient (Wildman–Crippen LogP) is 4.26. The first-order chi connectivity index (χ1) is 12.4. The smallest absolute Gasteiger partial charge is 0.258 e. The SMILES string of the molecule is COc1ccc2c(c1)[C@H](NC(=O)COc1ccc(Br)cc1)CC(C)(C)O2. The third-order valence-electron chi connectivity index (χ3n) is 4.19. The van der Waals surface area contributed by atoms with E-state index < -0.39 is 0 Å². The zero-order valence-electron chi connectivity index (χ0n) is 15.0. The van der Waals surface area contributed by atoms with E-state index in [2.05, 4.69) is 21.2 Å². The van der Waals surface area contributed by atoms with Gasteiger partial charge in [0.1, 0.15) is 22.8 Å². The maximum absolute atomic E-state index is 12.4. The molecule has 3 rings (SSSR count). The lowest BCUT2D eigenvalue weighted by molar-refractivity contribution is -0.124. The fourth-order valence-electron chi connectivity index (χ4n) is 3.00. The predicted molar refractivity (Wildman–Crippen MR) is 103 cm³/mol. The van der Waals surface area contributed by atoms with Gasteiger partial charge in [0.2, 0.25) is 0 Å². The van der Waals surface area contributed by atoms with Gasteiger partial charge in [0, 0.05) is 16.5 Å². The number of halogens is 1. The monoisotopic (exact) mass is 419 g/mol. The summed E-state index contributed by atoms with van der Waals surface area (Å²) in [4.78, 5) is 12.4. The average molecular weight is 420 g/mol. The van der Waals surface area contributed by atoms with Crippen LogP contribution in [-0.4, -0.2) is 25.2 Å². The highest BCUT2D eigenvalue weighted by Crippen LogP contribution is 2.41. The van der Waals surface area contributed by atoms with Crippen LogP contribution in [0.1, 0.15) is 31.9 Å². The molecule has 2 aromatic carbocycles. The highest BCUT2D eigenvalue weighted by atomic mass is 79.9. The van der Waals surface area contributed by atoms with Crippen LogP contribution in [0.4, 0.5) is 0 Å². The second-order valence-electron chi connectivity index (χ2n) is 6.83. The van der Waals surface area contributed by atoms with E-state index in [1.807, 2.05) is 56.3 Å². The van der Waals surface area contributed by atoms with Crippen LogP contribution in [0.2, 0.25) is 0 Å². The van der Waals surface area contributed by atoms with Crippen molar-refractivity contribution in [1.29, 1.82) is 0 Å². The van der Waals surface area contributed by atoms with Crippen LogP contribution < -0.4 is 19.5 Å². The molecule has 0 saturated carbocycles. The third kappa shape index (κ3) is 4.49. The number of carbonyl (C=O) groups excluding carboxylic acids is 1. The molecule has 0 unspecified atom stereocenters. The van der Waals surface area contributed by atoms with Gasteiger partial charge in [-0.15, -0.1) is 0 Å². The molecule has 0 radical (unpaired) electrons. The molecule has 1 atom stereocenters. The zero-order chi connectivity index (χ0) is 18.7. The van der Waals surface area contributed by atoms with Gasteiger partial charge in [-0.3, -0.25) is 4.79 Å². The van der Waals surface area contributed by atoms with Crippen LogP contribution in [0, 0.1) is 0 Å². The van der Waals surface area contributed by atoms with Crippen molar-refractivity contribution in [3.05, 3.63) is 52.5 Å². The highest BCUT2D eigenvalue weighted by Gasteiger charge is 2.34. The molecule has 138 valence electrons. The molecule has 0 aliphatic carbocycles. The lowest BCUT2D eigenvalue weighted by atomic mass is 9.89. The molecule has 0 spiro atoms. The summed E-state index contributed by atoms with van der Waals surface area (Å²) in [5.74, 6) is 1.97. The summed E-state index contributed by atoms with van der Waals surface area (Å²) in [5, 5.41) is 3.05. The van der Waals surface area contributed by atoms with E-state index in [-0.39, 0.29) is 24.2 Å². The van der Waals surface area contributed by atoms with Crippen molar-refractivity contribution in [2.45, 2.75) is 31.9 Å². The van der Waals surface area contributed by atoms with Crippen LogP contribution in [0.25, 0.3) is 0 Å². The molecular formula is C20H22BrNO4. The summed E-state index contributed by atoms with van der Waals surface area (Å²) >= 11 is 3.37. The average Bonchev–Trinajstić information content (AvgIpc) is 2.60. The number of methoxy groups -OCH3 is 1. The Labute approximate surface area is 161 Å². The first kappa shape index (κ1) is 18.6. The topological polar surface area (TPSA) is 56.8 Å². The van der Waals surface area contributed by atoms with Crippen LogP contribution in [0.3, 0.4) is 0 Å². The molecule has 1 heterocycles. The molecule has 0 fully saturated rings. The lowest BCUT2D eigenvalue weighted by Crippen LogP contribution is -2.42. The number of benzene rings is 2. The van der Waals surface area contributed by atoms with Crippen molar-refractivity contribution in [3.63, 3.8) is 0 Å². The Morgan fingerprint density at radius 3 is 2.62 bits per heavy atom. The van der Waals surface area contributed by atoms with Crippen molar-refractivity contribution in [3.8, 4) is 17.2 Å². The first-order valence-electron chi connectivity index (χ1n) is 8.41. The Kier molecular flexibility index (Phi) is 5.41. The quantitative estimate of drug-likeness (QED) is 0.786. The maximum Gasteiger partial charge on any atom is 0.258 e. The summed E-state index contributed by atoms with van der Waals surface area (Å²) in [6.45, 7) is 3.98. The van der Waals surface area contributed by atoms with Crippen LogP contribution >= 0.6 is 15.9 Å². The van der Waals surface area contributed by atoms with Gasteiger partial charge in [0.25, 0.3) is 5.91 Å². The molecule has 0 bridgehead atoms. The molecule has 2 aromatic rings. The van der Waals surface area contributed by atoms with Gasteiger partial charge in [0.05, 0.1) is 13.2 Å². The normalized spacial score (nSPS) is 17.6. The second kappa shape index (κ2) is 7.58. The van der Waals surface area contributed by atoms with E-state index >= 15 is 0 Å². The molecule has 0 saturated heterocycles. The number of amides is 1. The number of nitrogens with one attached hydrogen (secondary N) is 1. The fourth-order valence-corrected chi connectivity index (χ4v) is 3.27. The molecule has 1 aliphatic heterocycles. The second-order valence-corrected chi connectivity index (χ2v) is 7.75. The van der Waals surface area contributed by atoms with Crippen molar-refractivity contribution in [2.24, 2.45) is 0 Å². The lowest BCUT2D eigenvalue weighted by Gasteiger charge is -2.38. The van der Waals surface area contributed by atoms with Gasteiger partial charge in [0.15, 0.2) is 6.61 Å². The molecule has 1 amide bonds. The summed E-state index contributed by atoms with van der Waals surface area (Å²) in [5.41, 5.74) is 0.548. The number of rotatable bonds is 5. The number of ether oxygens (including phenoxy) is 3. The largest absolute Gasteiger partial charge is 0.497 e. The molecule has 5 nitrogen and oxygen atoms in total. The Balaban J connectivity index is 1.70. The Hall–Kier alpha value is -2.21. The highest BCUT2D eigenvalue weighted by molar-refractivity contribution is 9.10. The van der Waals surface area contributed by atoms with E-state index in [0.29, 0.717) is 12.2 Å². The van der Waals surface area contributed by atoms with Gasteiger partial charge in [-0.25, -0.2) is 0 Å². The minimum atomic E-state index is -0.369. The van der Waals surface area contributed by atoms with E-state index in [4.69, 9.17) is 14.2 Å². The third-order valence-corrected chi connectivity index (χ3v) is 4.72. The molecule has 6 heteroatoms. The van der Waals surface area contributed by atoms with Gasteiger partial charge in [-0.05, 0) is 56.3 Å². The van der Waals surface area contributed by atoms with Crippen LogP contribution in [0.5, 0.6) is 17.2 Å². The molecule has 26 heavy (non-hydrogen) atoms. The van der Waals surface area contributed by atoms with Crippen LogP contribution in [0.15, 0.2) is 46.9 Å². The van der Waals surface area contributed by atoms with Crippen LogP contribution in [-0.2, 0) is 4.79 Å². The molecule has 0 aromatic heterocycles. The van der Waals surface area contributed by atoms with Crippen molar-refractivity contribution < 1.29 is 19.0 Å². The summed E-state index contributed by atoms with van der Waals surface area (Å²) in [7, 11) is 1.62. The van der Waals surface area contributed by atoms with E-state index in [1.54, 1.807) is 7.11 Å².